The van der Waals surface area contributed by atoms with Crippen LogP contribution in [0.15, 0.2) is 49.1 Å². The molecule has 0 aliphatic rings. The second-order valence-electron chi connectivity index (χ2n) is 6.06. The van der Waals surface area contributed by atoms with E-state index in [2.05, 4.69) is 32.9 Å². The first-order chi connectivity index (χ1) is 12.1. The molecule has 5 heteroatoms. The Morgan fingerprint density at radius 1 is 0.920 bits per heavy atom. The van der Waals surface area contributed by atoms with Crippen LogP contribution in [0.25, 0.3) is 22.0 Å². The molecule has 0 amide bonds. The predicted molar refractivity (Wildman–Crippen MR) is 97.8 cm³/mol. The molecule has 1 aromatic carbocycles. The fourth-order valence-corrected chi connectivity index (χ4v) is 3.11. The van der Waals surface area contributed by atoms with E-state index in [1.54, 1.807) is 12.5 Å². The summed E-state index contributed by atoms with van der Waals surface area (Å²) in [5.74, 6) is 1.33. The molecule has 1 N–H and O–H groups in total. The number of aryl methyl sites for hydroxylation is 3. The molecule has 0 spiro atoms. The molecule has 25 heavy (non-hydrogen) atoms. The summed E-state index contributed by atoms with van der Waals surface area (Å²) in [4.78, 5) is 16.1. The molecule has 0 aliphatic carbocycles. The van der Waals surface area contributed by atoms with Gasteiger partial charge in [-0.3, -0.25) is 0 Å². The van der Waals surface area contributed by atoms with E-state index >= 15 is 0 Å². The minimum Gasteiger partial charge on any atom is -0.437 e. The molecular weight excluding hydrogens is 312 g/mol. The summed E-state index contributed by atoms with van der Waals surface area (Å²) in [6, 6.07) is 9.98. The quantitative estimate of drug-likeness (QED) is 0.589. The van der Waals surface area contributed by atoms with Gasteiger partial charge < -0.3 is 9.72 Å². The second kappa shape index (κ2) is 6.02. The average Bonchev–Trinajstić information content (AvgIpc) is 3.06. The number of pyridine rings is 1. The SMILES string of the molecule is Cc1cc(Oc2nccc3cc[nH]c23)ccc1-c1c(C)ncnc1C. The zero-order valence-electron chi connectivity index (χ0n) is 14.4. The van der Waals surface area contributed by atoms with Gasteiger partial charge in [-0.05, 0) is 56.2 Å². The van der Waals surface area contributed by atoms with Gasteiger partial charge in [0.05, 0.1) is 0 Å². The van der Waals surface area contributed by atoms with Gasteiger partial charge >= 0.3 is 0 Å². The van der Waals surface area contributed by atoms with Gasteiger partial charge in [0, 0.05) is 34.7 Å². The topological polar surface area (TPSA) is 63.7 Å². The number of aromatic nitrogens is 4. The highest BCUT2D eigenvalue weighted by atomic mass is 16.5. The van der Waals surface area contributed by atoms with Gasteiger partial charge in [0.25, 0.3) is 0 Å². The molecule has 4 rings (SSSR count). The van der Waals surface area contributed by atoms with Crippen molar-refractivity contribution in [2.45, 2.75) is 20.8 Å². The van der Waals surface area contributed by atoms with Crippen molar-refractivity contribution in [1.82, 2.24) is 19.9 Å². The molecule has 124 valence electrons. The van der Waals surface area contributed by atoms with Gasteiger partial charge in [-0.1, -0.05) is 6.07 Å². The molecule has 3 aromatic heterocycles. The van der Waals surface area contributed by atoms with Gasteiger partial charge in [-0.15, -0.1) is 0 Å². The smallest absolute Gasteiger partial charge is 0.243 e. The fourth-order valence-electron chi connectivity index (χ4n) is 3.11. The largest absolute Gasteiger partial charge is 0.437 e. The number of hydrogen-bond acceptors (Lipinski definition) is 4. The Morgan fingerprint density at radius 2 is 1.72 bits per heavy atom. The summed E-state index contributed by atoms with van der Waals surface area (Å²) in [6.07, 6.45) is 5.24. The number of hydrogen-bond donors (Lipinski definition) is 1. The van der Waals surface area contributed by atoms with Crippen molar-refractivity contribution in [2.24, 2.45) is 0 Å². The Labute approximate surface area is 145 Å². The monoisotopic (exact) mass is 330 g/mol. The van der Waals surface area contributed by atoms with E-state index in [0.29, 0.717) is 5.88 Å². The van der Waals surface area contributed by atoms with Crippen LogP contribution in [0.3, 0.4) is 0 Å². The van der Waals surface area contributed by atoms with Crippen LogP contribution in [0, 0.1) is 20.8 Å². The highest BCUT2D eigenvalue weighted by Crippen LogP contribution is 2.32. The lowest BCUT2D eigenvalue weighted by molar-refractivity contribution is 0.468. The third-order valence-electron chi connectivity index (χ3n) is 4.35. The van der Waals surface area contributed by atoms with Crippen molar-refractivity contribution in [3.05, 3.63) is 66.0 Å². The fraction of sp³-hybridized carbons (Fsp3) is 0.150. The van der Waals surface area contributed by atoms with Crippen LogP contribution in [-0.4, -0.2) is 19.9 Å². The van der Waals surface area contributed by atoms with Crippen molar-refractivity contribution < 1.29 is 4.74 Å². The van der Waals surface area contributed by atoms with Gasteiger partial charge in [-0.2, -0.15) is 0 Å². The average molecular weight is 330 g/mol. The van der Waals surface area contributed by atoms with Gasteiger partial charge in [0.1, 0.15) is 17.6 Å². The molecule has 0 unspecified atom stereocenters. The van der Waals surface area contributed by atoms with Crippen LogP contribution in [0.1, 0.15) is 17.0 Å². The number of aromatic amines is 1. The van der Waals surface area contributed by atoms with Crippen LogP contribution in [0.2, 0.25) is 0 Å². The molecule has 0 radical (unpaired) electrons. The number of ether oxygens (including phenoxy) is 1. The Morgan fingerprint density at radius 3 is 2.48 bits per heavy atom. The molecule has 0 atom stereocenters. The zero-order valence-corrected chi connectivity index (χ0v) is 14.4. The zero-order chi connectivity index (χ0) is 17.4. The van der Waals surface area contributed by atoms with E-state index in [1.165, 1.54) is 0 Å². The number of nitrogens with zero attached hydrogens (tertiary/aromatic N) is 3. The summed E-state index contributed by atoms with van der Waals surface area (Å²) in [5, 5.41) is 1.08. The van der Waals surface area contributed by atoms with Crippen molar-refractivity contribution in [1.29, 1.82) is 0 Å². The minimum absolute atomic E-state index is 0.574. The molecule has 0 saturated carbocycles. The van der Waals surface area contributed by atoms with Gasteiger partial charge in [0.15, 0.2) is 0 Å². The lowest BCUT2D eigenvalue weighted by Crippen LogP contribution is -1.97. The van der Waals surface area contributed by atoms with E-state index in [1.807, 2.05) is 44.3 Å². The summed E-state index contributed by atoms with van der Waals surface area (Å²) in [7, 11) is 0. The summed E-state index contributed by atoms with van der Waals surface area (Å²) in [5.41, 5.74) is 6.15. The Bertz CT molecular complexity index is 1050. The maximum absolute atomic E-state index is 6.01. The van der Waals surface area contributed by atoms with E-state index in [-0.39, 0.29) is 0 Å². The summed E-state index contributed by atoms with van der Waals surface area (Å²) >= 11 is 0. The van der Waals surface area contributed by atoms with Crippen molar-refractivity contribution in [3.8, 4) is 22.8 Å². The maximum atomic E-state index is 6.01. The van der Waals surface area contributed by atoms with Crippen molar-refractivity contribution in [3.63, 3.8) is 0 Å². The van der Waals surface area contributed by atoms with Crippen LogP contribution in [0.5, 0.6) is 11.6 Å². The molecular formula is C20H18N4O. The molecule has 0 fully saturated rings. The third-order valence-corrected chi connectivity index (χ3v) is 4.35. The molecule has 5 nitrogen and oxygen atoms in total. The molecule has 3 heterocycles. The normalized spacial score (nSPS) is 11.0. The molecule has 0 bridgehead atoms. The summed E-state index contributed by atoms with van der Waals surface area (Å²) in [6.45, 7) is 6.07. The molecule has 4 aromatic rings. The number of nitrogens with one attached hydrogen (secondary N) is 1. The predicted octanol–water partition coefficient (Wildman–Crippen LogP) is 4.74. The Kier molecular flexibility index (Phi) is 3.69. The van der Waals surface area contributed by atoms with Crippen LogP contribution in [-0.2, 0) is 0 Å². The highest BCUT2D eigenvalue weighted by Gasteiger charge is 2.12. The number of rotatable bonds is 3. The van der Waals surface area contributed by atoms with Crippen molar-refractivity contribution in [2.75, 3.05) is 0 Å². The van der Waals surface area contributed by atoms with E-state index < -0.39 is 0 Å². The number of H-pyrrole nitrogens is 1. The lowest BCUT2D eigenvalue weighted by atomic mass is 9.98. The first-order valence-electron chi connectivity index (χ1n) is 8.12. The first kappa shape index (κ1) is 15.3. The van der Waals surface area contributed by atoms with Gasteiger partial charge in [-0.25, -0.2) is 15.0 Å². The standard InChI is InChI=1S/C20H18N4O/c1-12-10-16(25-20-19-15(6-8-21-19)7-9-22-20)4-5-17(12)18-13(2)23-11-24-14(18)3/h4-11,21H,1-3H3. The Balaban J connectivity index is 1.72. The lowest BCUT2D eigenvalue weighted by Gasteiger charge is -2.13. The van der Waals surface area contributed by atoms with E-state index in [0.717, 1.165) is 44.7 Å². The first-order valence-corrected chi connectivity index (χ1v) is 8.12. The highest BCUT2D eigenvalue weighted by molar-refractivity contribution is 5.83. The third kappa shape index (κ3) is 2.74. The maximum Gasteiger partial charge on any atom is 0.243 e. The molecule has 0 aliphatic heterocycles. The number of benzene rings is 1. The number of fused-ring (bicyclic) bond motifs is 1. The van der Waals surface area contributed by atoms with Crippen LogP contribution >= 0.6 is 0 Å². The minimum atomic E-state index is 0.574. The van der Waals surface area contributed by atoms with Gasteiger partial charge in [0.2, 0.25) is 5.88 Å². The van der Waals surface area contributed by atoms with E-state index in [4.69, 9.17) is 4.74 Å². The van der Waals surface area contributed by atoms with Crippen LogP contribution < -0.4 is 4.74 Å². The Hall–Kier alpha value is -3.21. The van der Waals surface area contributed by atoms with Crippen molar-refractivity contribution >= 4 is 10.9 Å². The van der Waals surface area contributed by atoms with E-state index in [9.17, 15) is 0 Å². The second-order valence-corrected chi connectivity index (χ2v) is 6.06. The van der Waals surface area contributed by atoms with Crippen LogP contribution in [0.4, 0.5) is 0 Å². The summed E-state index contributed by atoms with van der Waals surface area (Å²) < 4.78 is 6.01. The molecule has 0 saturated heterocycles.